The molecule has 1 amide bonds. The Morgan fingerprint density at radius 1 is 1.59 bits per heavy atom. The number of nitrogens with zero attached hydrogens (tertiary/aromatic N) is 2. The van der Waals surface area contributed by atoms with Crippen LogP contribution in [0.2, 0.25) is 0 Å². The summed E-state index contributed by atoms with van der Waals surface area (Å²) in [6, 6.07) is 0.714. The molecule has 0 saturated carbocycles. The molecule has 1 aromatic rings. The number of carbonyl (C=O) groups is 2. The van der Waals surface area contributed by atoms with Gasteiger partial charge < -0.3 is 10.4 Å². The second-order valence-corrected chi connectivity index (χ2v) is 3.85. The van der Waals surface area contributed by atoms with Crippen molar-refractivity contribution in [3.63, 3.8) is 0 Å². The van der Waals surface area contributed by atoms with Gasteiger partial charge in [-0.15, -0.1) is 0 Å². The van der Waals surface area contributed by atoms with Crippen LogP contribution < -0.4 is 5.32 Å². The minimum Gasteiger partial charge on any atom is -0.480 e. The fraction of sp³-hybridized carbons (Fsp3) is 0.545. The SMILES string of the molecule is CCCC[C@H](NC(=O)c1ccnn1C)C(=O)O. The van der Waals surface area contributed by atoms with E-state index >= 15 is 0 Å². The van der Waals surface area contributed by atoms with E-state index in [1.165, 1.54) is 10.9 Å². The molecule has 0 fully saturated rings. The molecule has 0 aliphatic carbocycles. The quantitative estimate of drug-likeness (QED) is 0.768. The van der Waals surface area contributed by atoms with Crippen LogP contribution in [0.15, 0.2) is 12.3 Å². The number of rotatable bonds is 6. The lowest BCUT2D eigenvalue weighted by atomic mass is 10.1. The topological polar surface area (TPSA) is 84.2 Å². The summed E-state index contributed by atoms with van der Waals surface area (Å²) in [5.74, 6) is -1.41. The normalized spacial score (nSPS) is 12.1. The van der Waals surface area contributed by atoms with Gasteiger partial charge in [-0.3, -0.25) is 9.48 Å². The molecule has 0 aliphatic heterocycles. The highest BCUT2D eigenvalue weighted by Gasteiger charge is 2.21. The lowest BCUT2D eigenvalue weighted by Crippen LogP contribution is -2.41. The van der Waals surface area contributed by atoms with Crippen LogP contribution in [0.3, 0.4) is 0 Å². The molecule has 17 heavy (non-hydrogen) atoms. The van der Waals surface area contributed by atoms with Gasteiger partial charge in [0.2, 0.25) is 0 Å². The molecular formula is C11H17N3O3. The van der Waals surface area contributed by atoms with Crippen molar-refractivity contribution in [2.24, 2.45) is 7.05 Å². The van der Waals surface area contributed by atoms with Gasteiger partial charge in [0, 0.05) is 13.2 Å². The number of aryl methyl sites for hydroxylation is 1. The van der Waals surface area contributed by atoms with Gasteiger partial charge in [-0.05, 0) is 12.5 Å². The smallest absolute Gasteiger partial charge is 0.326 e. The zero-order chi connectivity index (χ0) is 12.8. The number of unbranched alkanes of at least 4 members (excludes halogenated alkanes) is 1. The molecule has 94 valence electrons. The van der Waals surface area contributed by atoms with Crippen LogP contribution in [0.1, 0.15) is 36.7 Å². The fourth-order valence-electron chi connectivity index (χ4n) is 1.49. The average Bonchev–Trinajstić information content (AvgIpc) is 2.70. The summed E-state index contributed by atoms with van der Waals surface area (Å²) in [7, 11) is 1.64. The summed E-state index contributed by atoms with van der Waals surface area (Å²) >= 11 is 0. The third kappa shape index (κ3) is 3.58. The Labute approximate surface area is 99.6 Å². The molecule has 0 spiro atoms. The van der Waals surface area contributed by atoms with E-state index < -0.39 is 17.9 Å². The first-order chi connectivity index (χ1) is 8.06. The summed E-state index contributed by atoms with van der Waals surface area (Å²) in [5, 5.41) is 15.3. The average molecular weight is 239 g/mol. The molecule has 6 heteroatoms. The number of aromatic nitrogens is 2. The van der Waals surface area contributed by atoms with Crippen LogP contribution in [-0.4, -0.2) is 32.8 Å². The maximum atomic E-state index is 11.8. The number of carbonyl (C=O) groups excluding carboxylic acids is 1. The molecule has 0 bridgehead atoms. The highest BCUT2D eigenvalue weighted by Crippen LogP contribution is 2.03. The lowest BCUT2D eigenvalue weighted by Gasteiger charge is -2.13. The summed E-state index contributed by atoms with van der Waals surface area (Å²) in [6.45, 7) is 1.97. The van der Waals surface area contributed by atoms with E-state index in [9.17, 15) is 9.59 Å². The molecule has 6 nitrogen and oxygen atoms in total. The Morgan fingerprint density at radius 2 is 2.29 bits per heavy atom. The largest absolute Gasteiger partial charge is 0.480 e. The van der Waals surface area contributed by atoms with Crippen molar-refractivity contribution < 1.29 is 14.7 Å². The Morgan fingerprint density at radius 3 is 2.76 bits per heavy atom. The maximum Gasteiger partial charge on any atom is 0.326 e. The van der Waals surface area contributed by atoms with Crippen LogP contribution in [0.25, 0.3) is 0 Å². The molecule has 1 aromatic heterocycles. The van der Waals surface area contributed by atoms with E-state index in [1.807, 2.05) is 6.92 Å². The third-order valence-corrected chi connectivity index (χ3v) is 2.50. The van der Waals surface area contributed by atoms with Gasteiger partial charge in [-0.25, -0.2) is 4.79 Å². The van der Waals surface area contributed by atoms with Crippen LogP contribution >= 0.6 is 0 Å². The Bertz CT molecular complexity index is 400. The van der Waals surface area contributed by atoms with Crippen molar-refractivity contribution in [3.8, 4) is 0 Å². The van der Waals surface area contributed by atoms with E-state index in [2.05, 4.69) is 10.4 Å². The van der Waals surface area contributed by atoms with Crippen molar-refractivity contribution >= 4 is 11.9 Å². The van der Waals surface area contributed by atoms with Crippen molar-refractivity contribution in [1.82, 2.24) is 15.1 Å². The van der Waals surface area contributed by atoms with E-state index in [0.29, 0.717) is 12.1 Å². The summed E-state index contributed by atoms with van der Waals surface area (Å²) in [6.07, 6.45) is 3.60. The lowest BCUT2D eigenvalue weighted by molar-refractivity contribution is -0.139. The number of carboxylic acids is 1. The highest BCUT2D eigenvalue weighted by atomic mass is 16.4. The standard InChI is InChI=1S/C11H17N3O3/c1-3-4-5-8(11(16)17)13-10(15)9-6-7-12-14(9)2/h6-8H,3-5H2,1-2H3,(H,13,15)(H,16,17)/t8-/m0/s1. The molecule has 1 rings (SSSR count). The van der Waals surface area contributed by atoms with E-state index in [0.717, 1.165) is 12.8 Å². The minimum atomic E-state index is -1.01. The van der Waals surface area contributed by atoms with Crippen LogP contribution in [-0.2, 0) is 11.8 Å². The second kappa shape index (κ2) is 6.03. The van der Waals surface area contributed by atoms with Gasteiger partial charge in [0.15, 0.2) is 0 Å². The maximum absolute atomic E-state index is 11.8. The molecule has 1 atom stereocenters. The fourth-order valence-corrected chi connectivity index (χ4v) is 1.49. The summed E-state index contributed by atoms with van der Waals surface area (Å²) in [5.41, 5.74) is 0.354. The summed E-state index contributed by atoms with van der Waals surface area (Å²) < 4.78 is 1.41. The number of amides is 1. The molecule has 0 saturated heterocycles. The first-order valence-corrected chi connectivity index (χ1v) is 5.58. The minimum absolute atomic E-state index is 0.354. The molecule has 1 heterocycles. The Kier molecular flexibility index (Phi) is 4.68. The van der Waals surface area contributed by atoms with Crippen LogP contribution in [0.4, 0.5) is 0 Å². The molecule has 0 aromatic carbocycles. The number of hydrogen-bond donors (Lipinski definition) is 2. The monoisotopic (exact) mass is 239 g/mol. The Balaban J connectivity index is 2.64. The van der Waals surface area contributed by atoms with Crippen LogP contribution in [0, 0.1) is 0 Å². The highest BCUT2D eigenvalue weighted by molar-refractivity contribution is 5.95. The molecule has 2 N–H and O–H groups in total. The zero-order valence-corrected chi connectivity index (χ0v) is 10.0. The second-order valence-electron chi connectivity index (χ2n) is 3.85. The Hall–Kier alpha value is -1.85. The predicted molar refractivity (Wildman–Crippen MR) is 61.6 cm³/mol. The van der Waals surface area contributed by atoms with Crippen molar-refractivity contribution in [1.29, 1.82) is 0 Å². The van der Waals surface area contributed by atoms with Gasteiger partial charge in [0.1, 0.15) is 11.7 Å². The van der Waals surface area contributed by atoms with Crippen molar-refractivity contribution in [3.05, 3.63) is 18.0 Å². The van der Waals surface area contributed by atoms with Crippen LogP contribution in [0.5, 0.6) is 0 Å². The predicted octanol–water partition coefficient (Wildman–Crippen LogP) is 0.793. The number of aliphatic carboxylic acids is 1. The van der Waals surface area contributed by atoms with E-state index in [1.54, 1.807) is 13.1 Å². The summed E-state index contributed by atoms with van der Waals surface area (Å²) in [4.78, 5) is 22.7. The van der Waals surface area contributed by atoms with Gasteiger partial charge in [0.05, 0.1) is 0 Å². The first-order valence-electron chi connectivity index (χ1n) is 5.58. The molecule has 0 aliphatic rings. The van der Waals surface area contributed by atoms with Crippen molar-refractivity contribution in [2.45, 2.75) is 32.2 Å². The molecule has 0 unspecified atom stereocenters. The van der Waals surface area contributed by atoms with E-state index in [-0.39, 0.29) is 0 Å². The number of hydrogen-bond acceptors (Lipinski definition) is 3. The molecule has 0 radical (unpaired) electrons. The van der Waals surface area contributed by atoms with Gasteiger partial charge in [-0.2, -0.15) is 5.10 Å². The molecular weight excluding hydrogens is 222 g/mol. The number of carboxylic acid groups (broad SMARTS) is 1. The van der Waals surface area contributed by atoms with Crippen molar-refractivity contribution in [2.75, 3.05) is 0 Å². The van der Waals surface area contributed by atoms with Gasteiger partial charge >= 0.3 is 5.97 Å². The van der Waals surface area contributed by atoms with E-state index in [4.69, 9.17) is 5.11 Å². The first kappa shape index (κ1) is 13.2. The zero-order valence-electron chi connectivity index (χ0n) is 10.0. The third-order valence-electron chi connectivity index (χ3n) is 2.50. The van der Waals surface area contributed by atoms with Gasteiger partial charge in [-0.1, -0.05) is 19.8 Å². The number of nitrogens with one attached hydrogen (secondary N) is 1. The van der Waals surface area contributed by atoms with Gasteiger partial charge in [0.25, 0.3) is 5.91 Å².